The van der Waals surface area contributed by atoms with Crippen LogP contribution in [0.25, 0.3) is 0 Å². The molecule has 1 rings (SSSR count). The minimum atomic E-state index is -0.910. The lowest BCUT2D eigenvalue weighted by atomic mass is 10.1. The van der Waals surface area contributed by atoms with Crippen molar-refractivity contribution >= 4 is 5.69 Å². The topological polar surface area (TPSA) is 125 Å². The Labute approximate surface area is 128 Å². The Morgan fingerprint density at radius 1 is 1.36 bits per heavy atom. The summed E-state index contributed by atoms with van der Waals surface area (Å²) in [7, 11) is 0. The Morgan fingerprint density at radius 3 is 2.45 bits per heavy atom. The van der Waals surface area contributed by atoms with Crippen molar-refractivity contribution in [1.29, 1.82) is 0 Å². The van der Waals surface area contributed by atoms with E-state index in [4.69, 9.17) is 4.74 Å². The molecule has 0 amide bonds. The van der Waals surface area contributed by atoms with Gasteiger partial charge in [0.05, 0.1) is 10.5 Å². The summed E-state index contributed by atoms with van der Waals surface area (Å²) in [5, 5.41) is 43.2. The molecule has 8 heteroatoms. The number of nitrogens with zero attached hydrogens (tertiary/aromatic N) is 1. The number of benzene rings is 1. The Balaban J connectivity index is 2.86. The van der Waals surface area contributed by atoms with Gasteiger partial charge in [-0.3, -0.25) is 10.1 Å². The fourth-order valence-corrected chi connectivity index (χ4v) is 1.74. The van der Waals surface area contributed by atoms with E-state index in [-0.39, 0.29) is 30.0 Å². The monoisotopic (exact) mass is 314 g/mol. The average Bonchev–Trinajstić information content (AvgIpc) is 2.37. The average molecular weight is 314 g/mol. The zero-order valence-electron chi connectivity index (χ0n) is 13.1. The second-order valence-corrected chi connectivity index (χ2v) is 6.07. The van der Waals surface area contributed by atoms with E-state index in [0.717, 1.165) is 6.07 Å². The highest BCUT2D eigenvalue weighted by atomic mass is 16.6. The molecule has 1 aromatic rings. The predicted molar refractivity (Wildman–Crippen MR) is 80.4 cm³/mol. The molecule has 0 fully saturated rings. The van der Waals surface area contributed by atoms with Crippen LogP contribution in [0.15, 0.2) is 6.07 Å². The van der Waals surface area contributed by atoms with Crippen LogP contribution < -0.4 is 10.1 Å². The minimum absolute atomic E-state index is 0.0138. The lowest BCUT2D eigenvalue weighted by Crippen LogP contribution is -2.42. The summed E-state index contributed by atoms with van der Waals surface area (Å²) < 4.78 is 5.20. The summed E-state index contributed by atoms with van der Waals surface area (Å²) in [4.78, 5) is 10.3. The van der Waals surface area contributed by atoms with Gasteiger partial charge in [0, 0.05) is 18.2 Å². The van der Waals surface area contributed by atoms with Crippen molar-refractivity contribution in [3.8, 4) is 17.2 Å². The van der Waals surface area contributed by atoms with Crippen molar-refractivity contribution in [2.45, 2.75) is 39.3 Å². The van der Waals surface area contributed by atoms with Crippen LogP contribution in [0.4, 0.5) is 5.69 Å². The molecular weight excluding hydrogens is 292 g/mol. The first-order chi connectivity index (χ1) is 10.0. The quantitative estimate of drug-likeness (QED) is 0.462. The van der Waals surface area contributed by atoms with Crippen molar-refractivity contribution in [2.24, 2.45) is 0 Å². The van der Waals surface area contributed by atoms with E-state index in [1.54, 1.807) is 0 Å². The largest absolute Gasteiger partial charge is 0.507 e. The lowest BCUT2D eigenvalue weighted by Gasteiger charge is -2.23. The van der Waals surface area contributed by atoms with E-state index in [1.165, 1.54) is 6.92 Å². The molecule has 0 aliphatic rings. The van der Waals surface area contributed by atoms with Gasteiger partial charge in [0.15, 0.2) is 5.75 Å². The van der Waals surface area contributed by atoms with Crippen LogP contribution in [0, 0.1) is 17.0 Å². The van der Waals surface area contributed by atoms with E-state index in [2.05, 4.69) is 5.32 Å². The molecule has 0 heterocycles. The molecule has 0 spiro atoms. The normalized spacial score (nSPS) is 13.0. The number of hydrogen-bond acceptors (Lipinski definition) is 7. The molecule has 124 valence electrons. The van der Waals surface area contributed by atoms with Crippen LogP contribution in [-0.4, -0.2) is 45.0 Å². The Bertz CT molecular complexity index is 553. The molecular formula is C14H22N2O6. The third-order valence-electron chi connectivity index (χ3n) is 2.93. The second kappa shape index (κ2) is 6.80. The zero-order chi connectivity index (χ0) is 17.1. The molecule has 0 saturated carbocycles. The molecule has 0 radical (unpaired) electrons. The van der Waals surface area contributed by atoms with Crippen molar-refractivity contribution < 1.29 is 25.0 Å². The zero-order valence-corrected chi connectivity index (χ0v) is 13.1. The number of rotatable bonds is 6. The molecule has 1 unspecified atom stereocenters. The summed E-state index contributed by atoms with van der Waals surface area (Å²) in [6, 6.07) is 0.970. The van der Waals surface area contributed by atoms with E-state index in [9.17, 15) is 25.4 Å². The van der Waals surface area contributed by atoms with Gasteiger partial charge in [-0.05, 0) is 27.7 Å². The SMILES string of the molecule is Cc1c(O)cc(O)c(OCC(O)CNC(C)(C)C)c1[N+](=O)[O-]. The summed E-state index contributed by atoms with van der Waals surface area (Å²) in [5.41, 5.74) is -0.724. The van der Waals surface area contributed by atoms with E-state index >= 15 is 0 Å². The summed E-state index contributed by atoms with van der Waals surface area (Å²) >= 11 is 0. The van der Waals surface area contributed by atoms with Crippen molar-refractivity contribution in [1.82, 2.24) is 5.32 Å². The number of ether oxygens (including phenoxy) is 1. The number of phenols is 2. The maximum Gasteiger partial charge on any atom is 0.321 e. The first-order valence-corrected chi connectivity index (χ1v) is 6.78. The van der Waals surface area contributed by atoms with Gasteiger partial charge >= 0.3 is 5.69 Å². The minimum Gasteiger partial charge on any atom is -0.507 e. The molecule has 22 heavy (non-hydrogen) atoms. The highest BCUT2D eigenvalue weighted by Gasteiger charge is 2.26. The number of phenolic OH excluding ortho intramolecular Hbond substituents is 2. The number of aromatic hydroxyl groups is 2. The first kappa shape index (κ1) is 18.0. The van der Waals surface area contributed by atoms with Crippen LogP contribution in [0.2, 0.25) is 0 Å². The van der Waals surface area contributed by atoms with Crippen molar-refractivity contribution in [2.75, 3.05) is 13.2 Å². The molecule has 0 aliphatic carbocycles. The Hall–Kier alpha value is -2.06. The standard InChI is InChI=1S/C14H22N2O6/c1-8-10(18)5-11(19)13(12(8)16(20)21)22-7-9(17)6-15-14(2,3)4/h5,9,15,17-19H,6-7H2,1-4H3. The van der Waals surface area contributed by atoms with Gasteiger partial charge in [0.25, 0.3) is 0 Å². The maximum absolute atomic E-state index is 11.1. The summed E-state index contributed by atoms with van der Waals surface area (Å²) in [6.07, 6.45) is -0.910. The number of hydrogen-bond donors (Lipinski definition) is 4. The molecule has 0 bridgehead atoms. The highest BCUT2D eigenvalue weighted by molar-refractivity contribution is 5.64. The van der Waals surface area contributed by atoms with Crippen LogP contribution >= 0.6 is 0 Å². The van der Waals surface area contributed by atoms with Gasteiger partial charge in [-0.15, -0.1) is 0 Å². The van der Waals surface area contributed by atoms with Gasteiger partial charge in [-0.2, -0.15) is 0 Å². The van der Waals surface area contributed by atoms with E-state index in [1.807, 2.05) is 20.8 Å². The van der Waals surface area contributed by atoms with Crippen LogP contribution in [0.3, 0.4) is 0 Å². The smallest absolute Gasteiger partial charge is 0.321 e. The molecule has 0 aliphatic heterocycles. The van der Waals surface area contributed by atoms with Gasteiger partial charge < -0.3 is 25.4 Å². The fourth-order valence-electron chi connectivity index (χ4n) is 1.74. The number of nitro benzene ring substituents is 1. The van der Waals surface area contributed by atoms with E-state index in [0.29, 0.717) is 0 Å². The number of nitro groups is 1. The van der Waals surface area contributed by atoms with Gasteiger partial charge in [0.1, 0.15) is 18.5 Å². The second-order valence-electron chi connectivity index (χ2n) is 6.07. The van der Waals surface area contributed by atoms with Crippen LogP contribution in [-0.2, 0) is 0 Å². The predicted octanol–water partition coefficient (Wildman–Crippen LogP) is 1.44. The molecule has 1 atom stereocenters. The summed E-state index contributed by atoms with van der Waals surface area (Å²) in [5.74, 6) is -1.31. The maximum atomic E-state index is 11.1. The summed E-state index contributed by atoms with van der Waals surface area (Å²) in [6.45, 7) is 7.13. The number of aliphatic hydroxyl groups excluding tert-OH is 1. The van der Waals surface area contributed by atoms with Crippen LogP contribution in [0.5, 0.6) is 17.2 Å². The third kappa shape index (κ3) is 4.74. The molecule has 1 aromatic carbocycles. The number of aliphatic hydroxyl groups is 1. The molecule has 0 aromatic heterocycles. The molecule has 8 nitrogen and oxygen atoms in total. The number of β-amino-alcohol motifs (C(OH)–C–C–N with tert-alkyl or cyclic N) is 1. The van der Waals surface area contributed by atoms with E-state index < -0.39 is 28.2 Å². The highest BCUT2D eigenvalue weighted by Crippen LogP contribution is 2.43. The third-order valence-corrected chi connectivity index (χ3v) is 2.93. The Kier molecular flexibility index (Phi) is 5.56. The number of nitrogens with one attached hydrogen (secondary N) is 1. The Morgan fingerprint density at radius 2 is 1.95 bits per heavy atom. The molecule has 0 saturated heterocycles. The van der Waals surface area contributed by atoms with Gasteiger partial charge in [-0.25, -0.2) is 0 Å². The first-order valence-electron chi connectivity index (χ1n) is 6.78. The van der Waals surface area contributed by atoms with Gasteiger partial charge in [-0.1, -0.05) is 0 Å². The lowest BCUT2D eigenvalue weighted by molar-refractivity contribution is -0.386. The molecule has 4 N–H and O–H groups in total. The fraction of sp³-hybridized carbons (Fsp3) is 0.571. The van der Waals surface area contributed by atoms with Crippen LogP contribution in [0.1, 0.15) is 26.3 Å². The van der Waals surface area contributed by atoms with Crippen molar-refractivity contribution in [3.05, 3.63) is 21.7 Å². The van der Waals surface area contributed by atoms with Gasteiger partial charge in [0.2, 0.25) is 5.75 Å². The van der Waals surface area contributed by atoms with Crippen molar-refractivity contribution in [3.63, 3.8) is 0 Å².